The molecule has 0 heterocycles. The van der Waals surface area contributed by atoms with Gasteiger partial charge in [0.2, 0.25) is 0 Å². The van der Waals surface area contributed by atoms with Gasteiger partial charge in [0.1, 0.15) is 11.3 Å². The second-order valence-corrected chi connectivity index (χ2v) is 5.13. The van der Waals surface area contributed by atoms with E-state index < -0.39 is 17.5 Å². The monoisotopic (exact) mass is 314 g/mol. The number of amides is 2. The number of halogens is 1. The van der Waals surface area contributed by atoms with Crippen LogP contribution in [0.2, 0.25) is 5.02 Å². The lowest BCUT2D eigenvalue weighted by Crippen LogP contribution is -2.54. The van der Waals surface area contributed by atoms with Crippen molar-refractivity contribution in [2.24, 2.45) is 0 Å². The number of nitrogens with one attached hydrogen (secondary N) is 2. The average Bonchev–Trinajstić information content (AvgIpc) is 2.45. The number of hydrogen-bond donors (Lipinski definition) is 3. The number of carboxylic acid groups (broad SMARTS) is 1. The van der Waals surface area contributed by atoms with E-state index in [9.17, 15) is 9.59 Å². The van der Waals surface area contributed by atoms with E-state index in [0.717, 1.165) is 0 Å². The Hall–Kier alpha value is -1.95. The molecule has 0 spiro atoms. The molecule has 0 saturated carbocycles. The minimum Gasteiger partial charge on any atom is -0.496 e. The maximum Gasteiger partial charge on any atom is 0.329 e. The molecular weight excluding hydrogens is 296 g/mol. The molecule has 0 radical (unpaired) electrons. The molecule has 0 aliphatic carbocycles. The van der Waals surface area contributed by atoms with Crippen LogP contribution in [-0.2, 0) is 11.3 Å². The lowest BCUT2D eigenvalue weighted by molar-refractivity contribution is -0.143. The van der Waals surface area contributed by atoms with E-state index >= 15 is 0 Å². The fraction of sp³-hybridized carbons (Fsp3) is 0.429. The van der Waals surface area contributed by atoms with Gasteiger partial charge in [0, 0.05) is 17.1 Å². The van der Waals surface area contributed by atoms with E-state index in [1.54, 1.807) is 25.1 Å². The van der Waals surface area contributed by atoms with Gasteiger partial charge in [-0.25, -0.2) is 9.59 Å². The second kappa shape index (κ2) is 7.17. The third-order valence-electron chi connectivity index (χ3n) is 3.29. The highest BCUT2D eigenvalue weighted by Gasteiger charge is 2.32. The van der Waals surface area contributed by atoms with E-state index in [4.69, 9.17) is 21.4 Å². The zero-order valence-corrected chi connectivity index (χ0v) is 13.0. The summed E-state index contributed by atoms with van der Waals surface area (Å²) in [4.78, 5) is 23.0. The van der Waals surface area contributed by atoms with Crippen LogP contribution in [0.3, 0.4) is 0 Å². The SMILES string of the molecule is CCC(C)(NC(=O)NCc1c(Cl)cccc1OC)C(=O)O. The molecule has 1 atom stereocenters. The van der Waals surface area contributed by atoms with Gasteiger partial charge in [0.05, 0.1) is 7.11 Å². The predicted octanol–water partition coefficient (Wildman–Crippen LogP) is 2.40. The molecule has 1 unspecified atom stereocenters. The predicted molar refractivity (Wildman–Crippen MR) is 79.7 cm³/mol. The molecule has 0 aliphatic rings. The first-order valence-electron chi connectivity index (χ1n) is 6.44. The molecule has 2 amide bonds. The van der Waals surface area contributed by atoms with Gasteiger partial charge in [-0.2, -0.15) is 0 Å². The van der Waals surface area contributed by atoms with Crippen LogP contribution < -0.4 is 15.4 Å². The highest BCUT2D eigenvalue weighted by molar-refractivity contribution is 6.31. The molecule has 1 aromatic carbocycles. The molecule has 116 valence electrons. The van der Waals surface area contributed by atoms with Gasteiger partial charge in [-0.05, 0) is 25.5 Å². The highest BCUT2D eigenvalue weighted by Crippen LogP contribution is 2.25. The Morgan fingerprint density at radius 2 is 2.10 bits per heavy atom. The van der Waals surface area contributed by atoms with Crippen molar-refractivity contribution in [3.05, 3.63) is 28.8 Å². The van der Waals surface area contributed by atoms with Crippen molar-refractivity contribution in [1.29, 1.82) is 0 Å². The molecule has 0 aliphatic heterocycles. The van der Waals surface area contributed by atoms with Gasteiger partial charge in [-0.1, -0.05) is 24.6 Å². The Kier molecular flexibility index (Phi) is 5.84. The topological polar surface area (TPSA) is 87.7 Å². The zero-order chi connectivity index (χ0) is 16.0. The van der Waals surface area contributed by atoms with Crippen LogP contribution in [-0.4, -0.2) is 29.8 Å². The second-order valence-electron chi connectivity index (χ2n) is 4.72. The van der Waals surface area contributed by atoms with Crippen LogP contribution in [0.15, 0.2) is 18.2 Å². The number of carboxylic acids is 1. The number of ether oxygens (including phenoxy) is 1. The first-order chi connectivity index (χ1) is 9.84. The van der Waals surface area contributed by atoms with E-state index in [0.29, 0.717) is 16.3 Å². The van der Waals surface area contributed by atoms with Crippen molar-refractivity contribution in [1.82, 2.24) is 10.6 Å². The van der Waals surface area contributed by atoms with Crippen molar-refractivity contribution >= 4 is 23.6 Å². The number of aliphatic carboxylic acids is 1. The summed E-state index contributed by atoms with van der Waals surface area (Å²) in [5.74, 6) is -0.533. The van der Waals surface area contributed by atoms with Crippen LogP contribution in [0.25, 0.3) is 0 Å². The summed E-state index contributed by atoms with van der Waals surface area (Å²) in [6, 6.07) is 4.58. The molecule has 21 heavy (non-hydrogen) atoms. The largest absolute Gasteiger partial charge is 0.496 e. The quantitative estimate of drug-likeness (QED) is 0.752. The van der Waals surface area contributed by atoms with Gasteiger partial charge >= 0.3 is 12.0 Å². The number of carbonyl (C=O) groups is 2. The Balaban J connectivity index is 2.72. The molecule has 6 nitrogen and oxygen atoms in total. The molecule has 7 heteroatoms. The summed E-state index contributed by atoms with van der Waals surface area (Å²) in [5, 5.41) is 14.6. The summed E-state index contributed by atoms with van der Waals surface area (Å²) in [5.41, 5.74) is -0.681. The number of hydrogen-bond acceptors (Lipinski definition) is 3. The molecule has 0 bridgehead atoms. The molecular formula is C14H19ClN2O4. The molecule has 1 rings (SSSR count). The van der Waals surface area contributed by atoms with Crippen molar-refractivity contribution in [3.8, 4) is 5.75 Å². The van der Waals surface area contributed by atoms with E-state index in [2.05, 4.69) is 10.6 Å². The minimum absolute atomic E-state index is 0.133. The van der Waals surface area contributed by atoms with Crippen molar-refractivity contribution in [3.63, 3.8) is 0 Å². The highest BCUT2D eigenvalue weighted by atomic mass is 35.5. The van der Waals surface area contributed by atoms with Gasteiger partial charge in [0.15, 0.2) is 0 Å². The third kappa shape index (κ3) is 4.26. The summed E-state index contributed by atoms with van der Waals surface area (Å²) in [6.07, 6.45) is 0.269. The van der Waals surface area contributed by atoms with Crippen molar-refractivity contribution in [2.75, 3.05) is 7.11 Å². The van der Waals surface area contributed by atoms with Crippen LogP contribution in [0.4, 0.5) is 4.79 Å². The number of carbonyl (C=O) groups excluding carboxylic acids is 1. The van der Waals surface area contributed by atoms with Crippen LogP contribution in [0, 0.1) is 0 Å². The first-order valence-corrected chi connectivity index (χ1v) is 6.82. The summed E-state index contributed by atoms with van der Waals surface area (Å²) in [6.45, 7) is 3.27. The first kappa shape index (κ1) is 17.1. The number of rotatable bonds is 6. The number of methoxy groups -OCH3 is 1. The number of urea groups is 1. The maximum absolute atomic E-state index is 11.8. The van der Waals surface area contributed by atoms with Crippen LogP contribution >= 0.6 is 11.6 Å². The Morgan fingerprint density at radius 3 is 2.62 bits per heavy atom. The lowest BCUT2D eigenvalue weighted by atomic mass is 10.00. The number of benzene rings is 1. The van der Waals surface area contributed by atoms with E-state index in [1.807, 2.05) is 0 Å². The Morgan fingerprint density at radius 1 is 1.43 bits per heavy atom. The maximum atomic E-state index is 11.8. The van der Waals surface area contributed by atoms with E-state index in [1.165, 1.54) is 14.0 Å². The van der Waals surface area contributed by atoms with E-state index in [-0.39, 0.29) is 13.0 Å². The Labute approximate surface area is 128 Å². The zero-order valence-electron chi connectivity index (χ0n) is 12.2. The smallest absolute Gasteiger partial charge is 0.329 e. The van der Waals surface area contributed by atoms with Gasteiger partial charge in [-0.15, -0.1) is 0 Å². The molecule has 1 aromatic rings. The van der Waals surface area contributed by atoms with Crippen LogP contribution in [0.5, 0.6) is 5.75 Å². The van der Waals surface area contributed by atoms with Gasteiger partial charge in [0.25, 0.3) is 0 Å². The minimum atomic E-state index is -1.31. The standard InChI is InChI=1S/C14H19ClN2O4/c1-4-14(2,12(18)19)17-13(20)16-8-9-10(15)6-5-7-11(9)21-3/h5-7H,4,8H2,1-3H3,(H,18,19)(H2,16,17,20). The summed E-state index contributed by atoms with van der Waals surface area (Å²) in [7, 11) is 1.51. The lowest BCUT2D eigenvalue weighted by Gasteiger charge is -2.24. The molecule has 0 aromatic heterocycles. The average molecular weight is 315 g/mol. The van der Waals surface area contributed by atoms with Gasteiger partial charge in [-0.3, -0.25) is 0 Å². The van der Waals surface area contributed by atoms with Crippen LogP contribution in [0.1, 0.15) is 25.8 Å². The summed E-state index contributed by atoms with van der Waals surface area (Å²) < 4.78 is 5.17. The van der Waals surface area contributed by atoms with Gasteiger partial charge < -0.3 is 20.5 Å². The summed E-state index contributed by atoms with van der Waals surface area (Å²) >= 11 is 6.06. The molecule has 0 saturated heterocycles. The van der Waals surface area contributed by atoms with Crippen molar-refractivity contribution in [2.45, 2.75) is 32.4 Å². The fourth-order valence-corrected chi connectivity index (χ4v) is 1.89. The normalized spacial score (nSPS) is 13.1. The Bertz CT molecular complexity index is 536. The van der Waals surface area contributed by atoms with Crippen molar-refractivity contribution < 1.29 is 19.4 Å². The molecule has 0 fully saturated rings. The third-order valence-corrected chi connectivity index (χ3v) is 3.64. The fourth-order valence-electron chi connectivity index (χ4n) is 1.66. The molecule has 3 N–H and O–H groups in total.